The third-order valence-electron chi connectivity index (χ3n) is 3.64. The Morgan fingerprint density at radius 2 is 1.93 bits per heavy atom. The van der Waals surface area contributed by atoms with E-state index in [0.717, 1.165) is 18.9 Å². The third kappa shape index (κ3) is 2.28. The Bertz CT molecular complexity index is 228. The van der Waals surface area contributed by atoms with Gasteiger partial charge in [0.1, 0.15) is 0 Å². The second kappa shape index (κ2) is 3.56. The Balaban J connectivity index is 1.91. The Labute approximate surface area is 87.2 Å². The predicted molar refractivity (Wildman–Crippen MR) is 59.7 cm³/mol. The fourth-order valence-electron chi connectivity index (χ4n) is 2.28. The SMILES string of the molecule is CC1(C)CCCN(C(=N)C2CC2)CC1. The molecule has 0 aromatic heterocycles. The van der Waals surface area contributed by atoms with Crippen LogP contribution in [-0.2, 0) is 0 Å². The lowest BCUT2D eigenvalue weighted by Gasteiger charge is -2.25. The summed E-state index contributed by atoms with van der Waals surface area (Å²) in [6, 6.07) is 0. The molecule has 1 saturated carbocycles. The van der Waals surface area contributed by atoms with Crippen LogP contribution in [0, 0.1) is 16.7 Å². The summed E-state index contributed by atoms with van der Waals surface area (Å²) in [5.74, 6) is 1.55. The Hall–Kier alpha value is -0.530. The summed E-state index contributed by atoms with van der Waals surface area (Å²) in [6.07, 6.45) is 6.36. The van der Waals surface area contributed by atoms with Crippen molar-refractivity contribution in [1.29, 1.82) is 5.41 Å². The maximum atomic E-state index is 8.05. The molecule has 0 amide bonds. The van der Waals surface area contributed by atoms with Gasteiger partial charge in [0.2, 0.25) is 0 Å². The fraction of sp³-hybridized carbons (Fsp3) is 0.917. The molecule has 0 aromatic rings. The molecule has 2 heteroatoms. The summed E-state index contributed by atoms with van der Waals surface area (Å²) < 4.78 is 0. The first-order valence-electron chi connectivity index (χ1n) is 5.92. The lowest BCUT2D eigenvalue weighted by Crippen LogP contribution is -2.32. The molecule has 1 aliphatic heterocycles. The van der Waals surface area contributed by atoms with Crippen LogP contribution in [0.15, 0.2) is 0 Å². The van der Waals surface area contributed by atoms with Gasteiger partial charge in [-0.15, -0.1) is 0 Å². The molecular formula is C12H22N2. The smallest absolute Gasteiger partial charge is 0.0989 e. The first-order valence-corrected chi connectivity index (χ1v) is 5.92. The lowest BCUT2D eigenvalue weighted by molar-refractivity contribution is 0.312. The van der Waals surface area contributed by atoms with Gasteiger partial charge >= 0.3 is 0 Å². The second-order valence-electron chi connectivity index (χ2n) is 5.66. The highest BCUT2D eigenvalue weighted by molar-refractivity contribution is 5.83. The van der Waals surface area contributed by atoms with Crippen LogP contribution in [-0.4, -0.2) is 23.8 Å². The number of nitrogens with zero attached hydrogens (tertiary/aromatic N) is 1. The summed E-state index contributed by atoms with van der Waals surface area (Å²) in [5.41, 5.74) is 0.499. The van der Waals surface area contributed by atoms with E-state index in [1.165, 1.54) is 32.1 Å². The maximum Gasteiger partial charge on any atom is 0.0989 e. The van der Waals surface area contributed by atoms with Crippen LogP contribution < -0.4 is 0 Å². The van der Waals surface area contributed by atoms with E-state index in [-0.39, 0.29) is 0 Å². The van der Waals surface area contributed by atoms with Gasteiger partial charge in [0.25, 0.3) is 0 Å². The number of hydrogen-bond donors (Lipinski definition) is 1. The van der Waals surface area contributed by atoms with Crippen molar-refractivity contribution < 1.29 is 0 Å². The van der Waals surface area contributed by atoms with Gasteiger partial charge in [0, 0.05) is 19.0 Å². The van der Waals surface area contributed by atoms with Crippen molar-refractivity contribution in [2.24, 2.45) is 11.3 Å². The van der Waals surface area contributed by atoms with Gasteiger partial charge in [-0.1, -0.05) is 13.8 Å². The molecule has 1 heterocycles. The molecule has 0 atom stereocenters. The molecule has 0 radical (unpaired) electrons. The molecule has 0 aromatic carbocycles. The molecule has 0 bridgehead atoms. The average Bonchev–Trinajstić information content (AvgIpc) is 2.90. The van der Waals surface area contributed by atoms with E-state index in [0.29, 0.717) is 11.3 Å². The molecule has 2 rings (SSSR count). The fourth-order valence-corrected chi connectivity index (χ4v) is 2.28. The van der Waals surface area contributed by atoms with E-state index in [1.54, 1.807) is 0 Å². The largest absolute Gasteiger partial charge is 0.360 e. The van der Waals surface area contributed by atoms with Gasteiger partial charge in [-0.3, -0.25) is 5.41 Å². The topological polar surface area (TPSA) is 27.1 Å². The minimum atomic E-state index is 0.499. The normalized spacial score (nSPS) is 27.1. The summed E-state index contributed by atoms with van der Waals surface area (Å²) >= 11 is 0. The van der Waals surface area contributed by atoms with E-state index in [2.05, 4.69) is 18.7 Å². The highest BCUT2D eigenvalue weighted by atomic mass is 15.2. The zero-order valence-corrected chi connectivity index (χ0v) is 9.47. The van der Waals surface area contributed by atoms with Gasteiger partial charge < -0.3 is 4.90 Å². The minimum Gasteiger partial charge on any atom is -0.360 e. The van der Waals surface area contributed by atoms with Crippen molar-refractivity contribution in [1.82, 2.24) is 4.90 Å². The quantitative estimate of drug-likeness (QED) is 0.504. The van der Waals surface area contributed by atoms with Gasteiger partial charge in [0.15, 0.2) is 0 Å². The van der Waals surface area contributed by atoms with Gasteiger partial charge in [-0.2, -0.15) is 0 Å². The lowest BCUT2D eigenvalue weighted by atomic mass is 9.85. The van der Waals surface area contributed by atoms with Gasteiger partial charge in [-0.05, 0) is 37.5 Å². The molecule has 2 aliphatic rings. The first kappa shape index (κ1) is 10.0. The van der Waals surface area contributed by atoms with Crippen LogP contribution in [0.3, 0.4) is 0 Å². The van der Waals surface area contributed by atoms with Crippen molar-refractivity contribution in [3.8, 4) is 0 Å². The highest BCUT2D eigenvalue weighted by Gasteiger charge is 2.32. The van der Waals surface area contributed by atoms with Crippen LogP contribution in [0.5, 0.6) is 0 Å². The average molecular weight is 194 g/mol. The maximum absolute atomic E-state index is 8.05. The van der Waals surface area contributed by atoms with Crippen LogP contribution >= 0.6 is 0 Å². The molecule has 80 valence electrons. The number of amidine groups is 1. The number of likely N-dealkylation sites (tertiary alicyclic amines) is 1. The zero-order chi connectivity index (χ0) is 10.2. The van der Waals surface area contributed by atoms with Gasteiger partial charge in [0.05, 0.1) is 5.84 Å². The minimum absolute atomic E-state index is 0.499. The van der Waals surface area contributed by atoms with Crippen LogP contribution in [0.25, 0.3) is 0 Å². The number of hydrogen-bond acceptors (Lipinski definition) is 1. The molecule has 1 aliphatic carbocycles. The van der Waals surface area contributed by atoms with Crippen molar-refractivity contribution in [2.45, 2.75) is 46.0 Å². The molecule has 1 saturated heterocycles. The molecule has 0 spiro atoms. The number of rotatable bonds is 1. The van der Waals surface area contributed by atoms with Crippen molar-refractivity contribution in [3.63, 3.8) is 0 Å². The standard InChI is InChI=1S/C12H22N2/c1-12(2)6-3-8-14(9-7-12)11(13)10-4-5-10/h10,13H,3-9H2,1-2H3. The van der Waals surface area contributed by atoms with Crippen molar-refractivity contribution in [2.75, 3.05) is 13.1 Å². The van der Waals surface area contributed by atoms with E-state index in [1.807, 2.05) is 0 Å². The summed E-state index contributed by atoms with van der Waals surface area (Å²) in [7, 11) is 0. The van der Waals surface area contributed by atoms with Crippen molar-refractivity contribution >= 4 is 5.84 Å². The van der Waals surface area contributed by atoms with E-state index >= 15 is 0 Å². The van der Waals surface area contributed by atoms with Gasteiger partial charge in [-0.25, -0.2) is 0 Å². The molecule has 2 nitrogen and oxygen atoms in total. The summed E-state index contributed by atoms with van der Waals surface area (Å²) in [4.78, 5) is 2.33. The third-order valence-corrected chi connectivity index (χ3v) is 3.64. The second-order valence-corrected chi connectivity index (χ2v) is 5.66. The molecule has 1 N–H and O–H groups in total. The molecular weight excluding hydrogens is 172 g/mol. The first-order chi connectivity index (χ1) is 6.58. The Morgan fingerprint density at radius 1 is 1.21 bits per heavy atom. The number of nitrogens with one attached hydrogen (secondary N) is 1. The van der Waals surface area contributed by atoms with E-state index in [4.69, 9.17) is 5.41 Å². The summed E-state index contributed by atoms with van der Waals surface area (Å²) in [6.45, 7) is 6.95. The Kier molecular flexibility index (Phi) is 2.54. The van der Waals surface area contributed by atoms with Crippen LogP contribution in [0.1, 0.15) is 46.0 Å². The monoisotopic (exact) mass is 194 g/mol. The van der Waals surface area contributed by atoms with Crippen LogP contribution in [0.4, 0.5) is 0 Å². The summed E-state index contributed by atoms with van der Waals surface area (Å²) in [5, 5.41) is 8.05. The predicted octanol–water partition coefficient (Wildman–Crippen LogP) is 2.89. The molecule has 2 fully saturated rings. The zero-order valence-electron chi connectivity index (χ0n) is 9.47. The van der Waals surface area contributed by atoms with Crippen LogP contribution in [0.2, 0.25) is 0 Å². The molecule has 14 heavy (non-hydrogen) atoms. The highest BCUT2D eigenvalue weighted by Crippen LogP contribution is 2.34. The van der Waals surface area contributed by atoms with E-state index in [9.17, 15) is 0 Å². The Morgan fingerprint density at radius 3 is 2.57 bits per heavy atom. The molecule has 0 unspecified atom stereocenters. The van der Waals surface area contributed by atoms with Crippen molar-refractivity contribution in [3.05, 3.63) is 0 Å². The van der Waals surface area contributed by atoms with E-state index < -0.39 is 0 Å².